The van der Waals surface area contributed by atoms with Crippen LogP contribution in [0.15, 0.2) is 12.3 Å². The molecule has 0 unspecified atom stereocenters. The summed E-state index contributed by atoms with van der Waals surface area (Å²) in [5, 5.41) is 9.20. The Hall–Kier alpha value is -1.36. The van der Waals surface area contributed by atoms with E-state index in [0.717, 1.165) is 12.8 Å². The molecule has 1 aromatic heterocycles. The van der Waals surface area contributed by atoms with Crippen LogP contribution < -0.4 is 11.1 Å². The molecule has 1 aliphatic rings. The van der Waals surface area contributed by atoms with Gasteiger partial charge >= 0.3 is 0 Å². The summed E-state index contributed by atoms with van der Waals surface area (Å²) in [4.78, 5) is 11.5. The molecule has 70 valence electrons. The number of H-pyrrole nitrogens is 1. The molecule has 0 aromatic carbocycles. The molecule has 2 rings (SSSR count). The van der Waals surface area contributed by atoms with Crippen molar-refractivity contribution in [1.82, 2.24) is 15.5 Å². The lowest BCUT2D eigenvalue weighted by molar-refractivity contribution is 0.0928. The van der Waals surface area contributed by atoms with Gasteiger partial charge < -0.3 is 11.1 Å². The first-order chi connectivity index (χ1) is 6.26. The lowest BCUT2D eigenvalue weighted by atomic mass is 10.2. The van der Waals surface area contributed by atoms with E-state index in [2.05, 4.69) is 15.5 Å². The Morgan fingerprint density at radius 3 is 3.00 bits per heavy atom. The van der Waals surface area contributed by atoms with Crippen LogP contribution in [0.2, 0.25) is 0 Å². The molecular formula is C8H12N4O. The topological polar surface area (TPSA) is 83.8 Å². The number of carbonyl (C=O) groups excluding carboxylic acids is 1. The third-order valence-corrected chi connectivity index (χ3v) is 2.37. The standard InChI is InChI=1S/C8H12N4O/c9-5-8(2-3-8)11-7(13)6-1-4-10-12-6/h1,4H,2-3,5,9H2,(H,10,12)(H,11,13). The van der Waals surface area contributed by atoms with Gasteiger partial charge in [0.2, 0.25) is 0 Å². The number of nitrogens with one attached hydrogen (secondary N) is 2. The summed E-state index contributed by atoms with van der Waals surface area (Å²) in [6.45, 7) is 0.507. The van der Waals surface area contributed by atoms with Gasteiger partial charge in [0.25, 0.3) is 5.91 Å². The Labute approximate surface area is 75.7 Å². The van der Waals surface area contributed by atoms with E-state index >= 15 is 0 Å². The minimum absolute atomic E-state index is 0.125. The van der Waals surface area contributed by atoms with Crippen molar-refractivity contribution in [2.75, 3.05) is 6.54 Å². The summed E-state index contributed by atoms with van der Waals surface area (Å²) in [5.41, 5.74) is 5.88. The Bertz CT molecular complexity index is 302. The molecule has 1 amide bonds. The zero-order valence-corrected chi connectivity index (χ0v) is 7.21. The number of rotatable bonds is 3. The number of nitrogens with two attached hydrogens (primary N) is 1. The molecule has 1 heterocycles. The van der Waals surface area contributed by atoms with Crippen LogP contribution in [0.5, 0.6) is 0 Å². The first-order valence-electron chi connectivity index (χ1n) is 4.28. The van der Waals surface area contributed by atoms with Crippen LogP contribution in [0.25, 0.3) is 0 Å². The second-order valence-electron chi connectivity index (χ2n) is 3.41. The van der Waals surface area contributed by atoms with Gasteiger partial charge in [0.15, 0.2) is 0 Å². The van der Waals surface area contributed by atoms with Crippen LogP contribution in [0.1, 0.15) is 23.3 Å². The van der Waals surface area contributed by atoms with Crippen LogP contribution in [0, 0.1) is 0 Å². The molecule has 0 saturated heterocycles. The molecule has 5 heteroatoms. The van der Waals surface area contributed by atoms with Gasteiger partial charge in [-0.3, -0.25) is 9.89 Å². The van der Waals surface area contributed by atoms with E-state index in [1.54, 1.807) is 12.3 Å². The van der Waals surface area contributed by atoms with Crippen LogP contribution in [-0.2, 0) is 0 Å². The third-order valence-electron chi connectivity index (χ3n) is 2.37. The molecular weight excluding hydrogens is 168 g/mol. The highest BCUT2D eigenvalue weighted by Crippen LogP contribution is 2.34. The molecule has 1 saturated carbocycles. The van der Waals surface area contributed by atoms with Crippen molar-refractivity contribution in [3.05, 3.63) is 18.0 Å². The minimum Gasteiger partial charge on any atom is -0.344 e. The van der Waals surface area contributed by atoms with E-state index < -0.39 is 0 Å². The zero-order chi connectivity index (χ0) is 9.31. The Kier molecular flexibility index (Phi) is 1.81. The molecule has 1 fully saturated rings. The molecule has 4 N–H and O–H groups in total. The van der Waals surface area contributed by atoms with E-state index in [9.17, 15) is 4.79 Å². The predicted octanol–water partition coefficient (Wildman–Crippen LogP) is -0.369. The normalized spacial score (nSPS) is 18.2. The first kappa shape index (κ1) is 8.25. The smallest absolute Gasteiger partial charge is 0.269 e. The summed E-state index contributed by atoms with van der Waals surface area (Å²) in [6, 6.07) is 1.64. The molecule has 0 spiro atoms. The molecule has 1 aromatic rings. The van der Waals surface area contributed by atoms with Gasteiger partial charge in [0.05, 0.1) is 5.54 Å². The van der Waals surface area contributed by atoms with E-state index in [-0.39, 0.29) is 11.4 Å². The van der Waals surface area contributed by atoms with Crippen LogP contribution >= 0.6 is 0 Å². The zero-order valence-electron chi connectivity index (χ0n) is 7.21. The van der Waals surface area contributed by atoms with Gasteiger partial charge in [-0.25, -0.2) is 0 Å². The van der Waals surface area contributed by atoms with Crippen LogP contribution in [0.3, 0.4) is 0 Å². The number of nitrogens with zero attached hydrogens (tertiary/aromatic N) is 1. The largest absolute Gasteiger partial charge is 0.344 e. The fourth-order valence-corrected chi connectivity index (χ4v) is 1.22. The lowest BCUT2D eigenvalue weighted by Gasteiger charge is -2.13. The van der Waals surface area contributed by atoms with Crippen LogP contribution in [-0.4, -0.2) is 28.2 Å². The maximum atomic E-state index is 11.5. The van der Waals surface area contributed by atoms with Gasteiger partial charge in [-0.05, 0) is 18.9 Å². The highest BCUT2D eigenvalue weighted by molar-refractivity contribution is 5.92. The number of amides is 1. The SMILES string of the molecule is NCC1(NC(=O)c2ccn[nH]2)CC1. The number of hydrogen-bond acceptors (Lipinski definition) is 3. The van der Waals surface area contributed by atoms with E-state index in [4.69, 9.17) is 5.73 Å². The number of aromatic amines is 1. The van der Waals surface area contributed by atoms with Crippen molar-refractivity contribution < 1.29 is 4.79 Å². The molecule has 1 aliphatic carbocycles. The Morgan fingerprint density at radius 1 is 1.77 bits per heavy atom. The summed E-state index contributed by atoms with van der Waals surface area (Å²) < 4.78 is 0. The fraction of sp³-hybridized carbons (Fsp3) is 0.500. The molecule has 0 atom stereocenters. The van der Waals surface area contributed by atoms with Crippen molar-refractivity contribution in [1.29, 1.82) is 0 Å². The highest BCUT2D eigenvalue weighted by Gasteiger charge is 2.42. The predicted molar refractivity (Wildman–Crippen MR) is 47.1 cm³/mol. The van der Waals surface area contributed by atoms with Crippen molar-refractivity contribution in [2.45, 2.75) is 18.4 Å². The monoisotopic (exact) mass is 180 g/mol. The minimum atomic E-state index is -0.137. The van der Waals surface area contributed by atoms with Crippen molar-refractivity contribution in [3.63, 3.8) is 0 Å². The van der Waals surface area contributed by atoms with Crippen LogP contribution in [0.4, 0.5) is 0 Å². The average molecular weight is 180 g/mol. The maximum absolute atomic E-state index is 11.5. The quantitative estimate of drug-likeness (QED) is 0.593. The number of aromatic nitrogens is 2. The molecule has 0 radical (unpaired) electrons. The average Bonchev–Trinajstić information content (AvgIpc) is 2.69. The number of carbonyl (C=O) groups is 1. The van der Waals surface area contributed by atoms with Gasteiger partial charge in [0.1, 0.15) is 5.69 Å². The molecule has 13 heavy (non-hydrogen) atoms. The second-order valence-corrected chi connectivity index (χ2v) is 3.41. The van der Waals surface area contributed by atoms with E-state index in [0.29, 0.717) is 12.2 Å². The van der Waals surface area contributed by atoms with Gasteiger partial charge in [-0.15, -0.1) is 0 Å². The third kappa shape index (κ3) is 1.55. The van der Waals surface area contributed by atoms with Gasteiger partial charge in [-0.2, -0.15) is 5.10 Å². The highest BCUT2D eigenvalue weighted by atomic mass is 16.2. The van der Waals surface area contributed by atoms with Crippen molar-refractivity contribution >= 4 is 5.91 Å². The van der Waals surface area contributed by atoms with Gasteiger partial charge in [-0.1, -0.05) is 0 Å². The number of hydrogen-bond donors (Lipinski definition) is 3. The van der Waals surface area contributed by atoms with Crippen molar-refractivity contribution in [3.8, 4) is 0 Å². The Morgan fingerprint density at radius 2 is 2.54 bits per heavy atom. The maximum Gasteiger partial charge on any atom is 0.269 e. The summed E-state index contributed by atoms with van der Waals surface area (Å²) >= 11 is 0. The fourth-order valence-electron chi connectivity index (χ4n) is 1.22. The Balaban J connectivity index is 2.00. The first-order valence-corrected chi connectivity index (χ1v) is 4.28. The van der Waals surface area contributed by atoms with Crippen molar-refractivity contribution in [2.24, 2.45) is 5.73 Å². The van der Waals surface area contributed by atoms with E-state index in [1.807, 2.05) is 0 Å². The lowest BCUT2D eigenvalue weighted by Crippen LogP contribution is -2.42. The van der Waals surface area contributed by atoms with Gasteiger partial charge in [0, 0.05) is 12.7 Å². The van der Waals surface area contributed by atoms with E-state index in [1.165, 1.54) is 0 Å². The second kappa shape index (κ2) is 2.85. The molecule has 0 bridgehead atoms. The molecule has 0 aliphatic heterocycles. The summed E-state index contributed by atoms with van der Waals surface area (Å²) in [6.07, 6.45) is 3.50. The summed E-state index contributed by atoms with van der Waals surface area (Å²) in [7, 11) is 0. The summed E-state index contributed by atoms with van der Waals surface area (Å²) in [5.74, 6) is -0.125. The molecule has 5 nitrogen and oxygen atoms in total.